The molecule has 0 radical (unpaired) electrons. The van der Waals surface area contributed by atoms with E-state index < -0.39 is 0 Å². The van der Waals surface area contributed by atoms with E-state index in [1.807, 2.05) is 0 Å². The molecule has 2 aromatic rings. The maximum absolute atomic E-state index is 5.65. The van der Waals surface area contributed by atoms with Gasteiger partial charge < -0.3 is 5.73 Å². The van der Waals surface area contributed by atoms with Gasteiger partial charge in [-0.2, -0.15) is 0 Å². The summed E-state index contributed by atoms with van der Waals surface area (Å²) in [6, 6.07) is 19.3. The summed E-state index contributed by atoms with van der Waals surface area (Å²) >= 11 is 0. The average Bonchev–Trinajstić information content (AvgIpc) is 2.42. The number of hydrogen-bond donors (Lipinski definition) is 1. The summed E-state index contributed by atoms with van der Waals surface area (Å²) in [5.74, 6) is 0. The monoisotopic (exact) mass is 239 g/mol. The van der Waals surface area contributed by atoms with E-state index in [1.165, 1.54) is 23.1 Å². The lowest BCUT2D eigenvalue weighted by Gasteiger charge is -2.08. The van der Waals surface area contributed by atoms with Crippen LogP contribution in [0.15, 0.2) is 54.6 Å². The van der Waals surface area contributed by atoms with Crippen molar-refractivity contribution in [2.75, 3.05) is 6.54 Å². The maximum atomic E-state index is 5.65. The number of nitrogens with two attached hydrogens (primary N) is 1. The fraction of sp³-hybridized carbons (Fsp3) is 0.294. The first-order chi connectivity index (χ1) is 8.90. The zero-order valence-corrected chi connectivity index (χ0v) is 10.8. The first kappa shape index (κ1) is 12.8. The molecule has 0 aliphatic rings. The quantitative estimate of drug-likeness (QED) is 0.822. The Bertz CT molecular complexity index is 462. The van der Waals surface area contributed by atoms with Crippen LogP contribution in [0.1, 0.15) is 23.1 Å². The summed E-state index contributed by atoms with van der Waals surface area (Å²) in [6.45, 7) is 0.732. The van der Waals surface area contributed by atoms with Crippen LogP contribution < -0.4 is 5.73 Å². The molecule has 2 N–H and O–H groups in total. The highest BCUT2D eigenvalue weighted by atomic mass is 14.5. The third-order valence-corrected chi connectivity index (χ3v) is 3.29. The van der Waals surface area contributed by atoms with Gasteiger partial charge in [-0.1, -0.05) is 54.6 Å². The van der Waals surface area contributed by atoms with E-state index in [0.29, 0.717) is 0 Å². The Morgan fingerprint density at radius 2 is 1.28 bits per heavy atom. The summed E-state index contributed by atoms with van der Waals surface area (Å²) < 4.78 is 0. The van der Waals surface area contributed by atoms with Crippen molar-refractivity contribution in [2.45, 2.75) is 25.7 Å². The van der Waals surface area contributed by atoms with E-state index in [-0.39, 0.29) is 0 Å². The van der Waals surface area contributed by atoms with Crippen LogP contribution in [0.4, 0.5) is 0 Å². The second kappa shape index (κ2) is 6.97. The minimum atomic E-state index is 0.732. The zero-order valence-electron chi connectivity index (χ0n) is 10.8. The van der Waals surface area contributed by atoms with Gasteiger partial charge in [-0.3, -0.25) is 0 Å². The van der Waals surface area contributed by atoms with Gasteiger partial charge in [0.15, 0.2) is 0 Å². The molecule has 0 aliphatic carbocycles. The Hall–Kier alpha value is -1.60. The van der Waals surface area contributed by atoms with Crippen molar-refractivity contribution in [3.63, 3.8) is 0 Å². The Labute approximate surface area is 110 Å². The van der Waals surface area contributed by atoms with Gasteiger partial charge in [0.25, 0.3) is 0 Å². The van der Waals surface area contributed by atoms with Gasteiger partial charge in [0.2, 0.25) is 0 Å². The molecule has 94 valence electrons. The lowest BCUT2D eigenvalue weighted by atomic mass is 9.98. The third kappa shape index (κ3) is 3.71. The van der Waals surface area contributed by atoms with E-state index in [1.54, 1.807) is 0 Å². The molecule has 2 aromatic carbocycles. The van der Waals surface area contributed by atoms with Crippen LogP contribution >= 0.6 is 0 Å². The molecular weight excluding hydrogens is 218 g/mol. The van der Waals surface area contributed by atoms with Gasteiger partial charge in [0, 0.05) is 0 Å². The first-order valence-electron chi connectivity index (χ1n) is 6.71. The first-order valence-corrected chi connectivity index (χ1v) is 6.71. The third-order valence-electron chi connectivity index (χ3n) is 3.29. The highest BCUT2D eigenvalue weighted by Crippen LogP contribution is 2.13. The molecule has 0 bridgehead atoms. The summed E-state index contributed by atoms with van der Waals surface area (Å²) in [4.78, 5) is 0. The van der Waals surface area contributed by atoms with Gasteiger partial charge in [-0.25, -0.2) is 0 Å². The average molecular weight is 239 g/mol. The van der Waals surface area contributed by atoms with Crippen molar-refractivity contribution in [1.29, 1.82) is 0 Å². The second-order valence-corrected chi connectivity index (χ2v) is 4.65. The van der Waals surface area contributed by atoms with Crippen molar-refractivity contribution in [3.05, 3.63) is 71.3 Å². The van der Waals surface area contributed by atoms with Crippen LogP contribution in [-0.4, -0.2) is 6.54 Å². The molecule has 0 spiro atoms. The molecule has 0 saturated carbocycles. The summed E-state index contributed by atoms with van der Waals surface area (Å²) in [7, 11) is 0. The maximum Gasteiger partial charge on any atom is -0.00366 e. The minimum absolute atomic E-state index is 0.732. The van der Waals surface area contributed by atoms with Crippen molar-refractivity contribution in [1.82, 2.24) is 0 Å². The molecule has 0 heterocycles. The topological polar surface area (TPSA) is 26.0 Å². The smallest absolute Gasteiger partial charge is 0.00366 e. The van der Waals surface area contributed by atoms with Crippen molar-refractivity contribution < 1.29 is 0 Å². The van der Waals surface area contributed by atoms with Crippen LogP contribution in [0, 0.1) is 0 Å². The number of hydrogen-bond acceptors (Lipinski definition) is 1. The van der Waals surface area contributed by atoms with Gasteiger partial charge in [0.05, 0.1) is 0 Å². The zero-order chi connectivity index (χ0) is 12.6. The van der Waals surface area contributed by atoms with Crippen LogP contribution in [-0.2, 0) is 19.3 Å². The fourth-order valence-electron chi connectivity index (χ4n) is 2.33. The fourth-order valence-corrected chi connectivity index (χ4v) is 2.33. The molecule has 0 amide bonds. The van der Waals surface area contributed by atoms with E-state index >= 15 is 0 Å². The minimum Gasteiger partial charge on any atom is -0.330 e. The number of rotatable bonds is 6. The standard InChI is InChI=1S/C17H21N/c18-14-13-17-11-5-4-10-16(17)12-6-9-15-7-2-1-3-8-15/h1-5,7-8,10-11H,6,9,12-14,18H2. The molecule has 0 fully saturated rings. The highest BCUT2D eigenvalue weighted by Gasteiger charge is 2.01. The predicted octanol–water partition coefficient (Wildman–Crippen LogP) is 3.36. The van der Waals surface area contributed by atoms with E-state index in [2.05, 4.69) is 54.6 Å². The molecular formula is C17H21N. The summed E-state index contributed by atoms with van der Waals surface area (Å²) in [6.07, 6.45) is 4.48. The van der Waals surface area contributed by atoms with Crippen molar-refractivity contribution >= 4 is 0 Å². The Kier molecular flexibility index (Phi) is 4.98. The Balaban J connectivity index is 1.90. The van der Waals surface area contributed by atoms with Gasteiger partial charge >= 0.3 is 0 Å². The molecule has 0 aliphatic heterocycles. The Morgan fingerprint density at radius 1 is 0.667 bits per heavy atom. The molecule has 0 aromatic heterocycles. The van der Waals surface area contributed by atoms with Crippen LogP contribution in [0.2, 0.25) is 0 Å². The molecule has 0 unspecified atom stereocenters. The second-order valence-electron chi connectivity index (χ2n) is 4.65. The Morgan fingerprint density at radius 3 is 1.94 bits per heavy atom. The van der Waals surface area contributed by atoms with Crippen LogP contribution in [0.25, 0.3) is 0 Å². The van der Waals surface area contributed by atoms with Gasteiger partial charge in [-0.05, 0) is 48.9 Å². The summed E-state index contributed by atoms with van der Waals surface area (Å²) in [5, 5.41) is 0. The lowest BCUT2D eigenvalue weighted by Crippen LogP contribution is -2.05. The largest absolute Gasteiger partial charge is 0.330 e. The highest BCUT2D eigenvalue weighted by molar-refractivity contribution is 5.27. The van der Waals surface area contributed by atoms with E-state index in [9.17, 15) is 0 Å². The van der Waals surface area contributed by atoms with Gasteiger partial charge in [0.1, 0.15) is 0 Å². The molecule has 0 atom stereocenters. The van der Waals surface area contributed by atoms with Crippen molar-refractivity contribution in [2.24, 2.45) is 5.73 Å². The number of benzene rings is 2. The normalized spacial score (nSPS) is 10.5. The molecule has 0 saturated heterocycles. The van der Waals surface area contributed by atoms with Crippen molar-refractivity contribution in [3.8, 4) is 0 Å². The van der Waals surface area contributed by atoms with Crippen LogP contribution in [0.3, 0.4) is 0 Å². The predicted molar refractivity (Wildman–Crippen MR) is 77.7 cm³/mol. The summed E-state index contributed by atoms with van der Waals surface area (Å²) in [5.41, 5.74) is 9.94. The van der Waals surface area contributed by atoms with Gasteiger partial charge in [-0.15, -0.1) is 0 Å². The van der Waals surface area contributed by atoms with E-state index in [4.69, 9.17) is 5.73 Å². The molecule has 1 nitrogen and oxygen atoms in total. The molecule has 1 heteroatoms. The molecule has 2 rings (SSSR count). The molecule has 18 heavy (non-hydrogen) atoms. The lowest BCUT2D eigenvalue weighted by molar-refractivity contribution is 0.806. The SMILES string of the molecule is NCCc1ccccc1CCCc1ccccc1. The van der Waals surface area contributed by atoms with E-state index in [0.717, 1.165) is 25.8 Å². The van der Waals surface area contributed by atoms with Crippen LogP contribution in [0.5, 0.6) is 0 Å². The number of aryl methyl sites for hydroxylation is 2.